The van der Waals surface area contributed by atoms with Crippen LogP contribution >= 0.6 is 11.3 Å². The molecule has 2 heterocycles. The van der Waals surface area contributed by atoms with Crippen LogP contribution in [0.5, 0.6) is 0 Å². The van der Waals surface area contributed by atoms with Crippen LogP contribution < -0.4 is 10.2 Å². The average Bonchev–Trinajstić information content (AvgIpc) is 3.47. The molecule has 7 heteroatoms. The summed E-state index contributed by atoms with van der Waals surface area (Å²) in [4.78, 5) is 9.69. The average molecular weight is 446 g/mol. The third kappa shape index (κ3) is 4.74. The predicted molar refractivity (Wildman–Crippen MR) is 131 cm³/mol. The van der Waals surface area contributed by atoms with Crippen LogP contribution in [0.25, 0.3) is 22.6 Å². The molecule has 0 atom stereocenters. The summed E-state index contributed by atoms with van der Waals surface area (Å²) in [6, 6.07) is 14.7. The molecule has 0 fully saturated rings. The van der Waals surface area contributed by atoms with E-state index in [1.165, 1.54) is 11.1 Å². The second-order valence-corrected chi connectivity index (χ2v) is 8.36. The molecule has 4 rings (SSSR count). The second-order valence-electron chi connectivity index (χ2n) is 7.52. The van der Waals surface area contributed by atoms with E-state index < -0.39 is 0 Å². The van der Waals surface area contributed by atoms with E-state index >= 15 is 0 Å². The van der Waals surface area contributed by atoms with E-state index in [0.717, 1.165) is 33.0 Å². The highest BCUT2D eigenvalue weighted by molar-refractivity contribution is 7.07. The third-order valence-corrected chi connectivity index (χ3v) is 6.18. The van der Waals surface area contributed by atoms with Crippen LogP contribution in [0.2, 0.25) is 0 Å². The molecule has 164 valence electrons. The molecule has 0 aliphatic rings. The van der Waals surface area contributed by atoms with Crippen molar-refractivity contribution >= 4 is 17.0 Å². The highest BCUT2D eigenvalue weighted by Crippen LogP contribution is 2.23. The Hall–Kier alpha value is -3.42. The highest BCUT2D eigenvalue weighted by atomic mass is 32.1. The molecular weight excluding hydrogens is 418 g/mol. The van der Waals surface area contributed by atoms with Crippen molar-refractivity contribution in [2.45, 2.75) is 13.8 Å². The van der Waals surface area contributed by atoms with Gasteiger partial charge in [0.1, 0.15) is 0 Å². The van der Waals surface area contributed by atoms with Gasteiger partial charge in [0.05, 0.1) is 30.9 Å². The molecule has 0 saturated carbocycles. The lowest BCUT2D eigenvalue weighted by Gasteiger charge is -2.15. The monoisotopic (exact) mass is 445 g/mol. The Labute approximate surface area is 192 Å². The van der Waals surface area contributed by atoms with Crippen LogP contribution in [0.4, 0.5) is 0 Å². The van der Waals surface area contributed by atoms with Crippen LogP contribution in [0.15, 0.2) is 78.1 Å². The highest BCUT2D eigenvalue weighted by Gasteiger charge is 2.11. The number of methoxy groups -OCH3 is 1. The van der Waals surface area contributed by atoms with E-state index in [2.05, 4.69) is 78.7 Å². The number of nitrogens with zero attached hydrogens (tertiary/aromatic N) is 4. The Bertz CT molecular complexity index is 1270. The topological polar surface area (TPSA) is 56.4 Å². The number of imidazole rings is 1. The Morgan fingerprint density at radius 3 is 2.66 bits per heavy atom. The van der Waals surface area contributed by atoms with Crippen LogP contribution in [-0.4, -0.2) is 34.5 Å². The lowest BCUT2D eigenvalue weighted by Crippen LogP contribution is -2.26. The summed E-state index contributed by atoms with van der Waals surface area (Å²) in [7, 11) is 1.69. The number of hydrogen-bond donors (Lipinski definition) is 1. The quantitative estimate of drug-likeness (QED) is 0.397. The predicted octanol–water partition coefficient (Wildman–Crippen LogP) is 4.78. The molecule has 0 radical (unpaired) electrons. The summed E-state index contributed by atoms with van der Waals surface area (Å²) < 4.78 is 9.15. The van der Waals surface area contributed by atoms with E-state index in [9.17, 15) is 0 Å². The van der Waals surface area contributed by atoms with Gasteiger partial charge in [0.2, 0.25) is 4.80 Å². The Morgan fingerprint density at radius 1 is 1.16 bits per heavy atom. The smallest absolute Gasteiger partial charge is 0.204 e. The van der Waals surface area contributed by atoms with E-state index in [1.54, 1.807) is 31.0 Å². The van der Waals surface area contributed by atoms with Crippen molar-refractivity contribution < 1.29 is 4.74 Å². The van der Waals surface area contributed by atoms with Crippen molar-refractivity contribution in [3.63, 3.8) is 0 Å². The fourth-order valence-corrected chi connectivity index (χ4v) is 4.18. The lowest BCUT2D eigenvalue weighted by atomic mass is 10.1. The Morgan fingerprint density at radius 2 is 1.97 bits per heavy atom. The second kappa shape index (κ2) is 9.80. The fourth-order valence-electron chi connectivity index (χ4n) is 3.31. The Kier molecular flexibility index (Phi) is 6.68. The number of hydrogen-bond acceptors (Lipinski definition) is 5. The van der Waals surface area contributed by atoms with Crippen molar-refractivity contribution in [3.8, 4) is 16.9 Å². The van der Waals surface area contributed by atoms with Crippen LogP contribution in [0.3, 0.4) is 0 Å². The molecule has 2 aromatic carbocycles. The van der Waals surface area contributed by atoms with Gasteiger partial charge < -0.3 is 9.30 Å². The maximum atomic E-state index is 5.17. The zero-order valence-electron chi connectivity index (χ0n) is 18.6. The number of thiazole rings is 1. The summed E-state index contributed by atoms with van der Waals surface area (Å²) in [5, 5.41) is 2.12. The van der Waals surface area contributed by atoms with Crippen LogP contribution in [0.1, 0.15) is 16.7 Å². The van der Waals surface area contributed by atoms with Gasteiger partial charge in [-0.3, -0.25) is 10.4 Å². The maximum absolute atomic E-state index is 5.17. The molecule has 0 aliphatic heterocycles. The van der Waals surface area contributed by atoms with Crippen molar-refractivity contribution in [3.05, 3.63) is 94.6 Å². The maximum Gasteiger partial charge on any atom is 0.204 e. The first-order valence-corrected chi connectivity index (χ1v) is 11.3. The summed E-state index contributed by atoms with van der Waals surface area (Å²) in [6.45, 7) is 9.71. The van der Waals surface area contributed by atoms with Gasteiger partial charge in [0.15, 0.2) is 0 Å². The first kappa shape index (κ1) is 21.8. The molecule has 1 N–H and O–H groups in total. The molecule has 32 heavy (non-hydrogen) atoms. The number of benzene rings is 2. The zero-order valence-corrected chi connectivity index (χ0v) is 19.4. The largest absolute Gasteiger partial charge is 0.383 e. The molecule has 2 aromatic heterocycles. The Balaban J connectivity index is 1.66. The first-order valence-electron chi connectivity index (χ1n) is 10.4. The van der Waals surface area contributed by atoms with E-state index in [0.29, 0.717) is 13.2 Å². The summed E-state index contributed by atoms with van der Waals surface area (Å²) in [6.07, 6.45) is 5.48. The number of aryl methyl sites for hydroxylation is 2. The van der Waals surface area contributed by atoms with Crippen molar-refractivity contribution in [2.24, 2.45) is 4.99 Å². The minimum atomic E-state index is 0.577. The molecule has 0 bridgehead atoms. The zero-order chi connectivity index (χ0) is 22.5. The van der Waals surface area contributed by atoms with Gasteiger partial charge in [-0.2, -0.15) is 0 Å². The molecule has 6 nitrogen and oxygen atoms in total. The normalized spacial score (nSPS) is 11.7. The summed E-state index contributed by atoms with van der Waals surface area (Å²) >= 11 is 1.60. The standard InChI is InChI=1S/C25H27N5OS/c1-18-5-6-22(15-19(18)2)24-16-32-25(27-12-14-31-4)30(24)28-20(3)21-7-9-23(10-8-21)29-13-11-26-17-29/h5-11,13,15-17,28H,3,12,14H2,1-2,4H3. The van der Waals surface area contributed by atoms with Crippen LogP contribution in [0, 0.1) is 13.8 Å². The van der Waals surface area contributed by atoms with Crippen molar-refractivity contribution in [1.29, 1.82) is 0 Å². The lowest BCUT2D eigenvalue weighted by molar-refractivity contribution is 0.207. The van der Waals surface area contributed by atoms with E-state index in [4.69, 9.17) is 9.73 Å². The minimum absolute atomic E-state index is 0.577. The molecule has 0 saturated heterocycles. The molecule has 0 amide bonds. The summed E-state index contributed by atoms with van der Waals surface area (Å²) in [5.41, 5.74) is 11.0. The van der Waals surface area contributed by atoms with Crippen LogP contribution in [-0.2, 0) is 4.74 Å². The fraction of sp³-hybridized carbons (Fsp3) is 0.200. The minimum Gasteiger partial charge on any atom is -0.383 e. The molecule has 0 unspecified atom stereocenters. The van der Waals surface area contributed by atoms with Gasteiger partial charge in [-0.1, -0.05) is 30.8 Å². The van der Waals surface area contributed by atoms with Gasteiger partial charge in [-0.15, -0.1) is 11.3 Å². The number of ether oxygens (including phenoxy) is 1. The molecular formula is C25H27N5OS. The van der Waals surface area contributed by atoms with Gasteiger partial charge >= 0.3 is 0 Å². The molecule has 0 spiro atoms. The van der Waals surface area contributed by atoms with E-state index in [1.807, 2.05) is 15.4 Å². The third-order valence-electron chi connectivity index (χ3n) is 5.32. The number of rotatable bonds is 8. The van der Waals surface area contributed by atoms with Gasteiger partial charge in [0, 0.05) is 36.1 Å². The van der Waals surface area contributed by atoms with Crippen molar-refractivity contribution in [2.75, 3.05) is 25.7 Å². The first-order chi connectivity index (χ1) is 15.6. The van der Waals surface area contributed by atoms with Gasteiger partial charge in [0.25, 0.3) is 0 Å². The summed E-state index contributed by atoms with van der Waals surface area (Å²) in [5.74, 6) is 0. The molecule has 4 aromatic rings. The molecule has 0 aliphatic carbocycles. The number of aromatic nitrogens is 3. The van der Waals surface area contributed by atoms with Gasteiger partial charge in [-0.25, -0.2) is 9.66 Å². The van der Waals surface area contributed by atoms with E-state index in [-0.39, 0.29) is 0 Å². The van der Waals surface area contributed by atoms with Crippen molar-refractivity contribution in [1.82, 2.24) is 14.2 Å². The number of nitrogens with one attached hydrogen (secondary N) is 1. The van der Waals surface area contributed by atoms with Gasteiger partial charge in [-0.05, 0) is 48.7 Å². The SMILES string of the molecule is C=C(Nn1c(-c2ccc(C)c(C)c2)csc1=NCCOC)c1ccc(-n2ccnc2)cc1.